The van der Waals surface area contributed by atoms with Crippen molar-refractivity contribution in [3.8, 4) is 0 Å². The van der Waals surface area contributed by atoms with Gasteiger partial charge in [-0.1, -0.05) is 71.9 Å². The van der Waals surface area contributed by atoms with Gasteiger partial charge in [-0.2, -0.15) is 0 Å². The molecule has 0 atom stereocenters. The van der Waals surface area contributed by atoms with E-state index in [-0.39, 0.29) is 5.78 Å². The molecule has 4 heteroatoms. The van der Waals surface area contributed by atoms with Crippen molar-refractivity contribution in [1.29, 1.82) is 0 Å². The first-order chi connectivity index (χ1) is 12.6. The molecule has 26 heavy (non-hydrogen) atoms. The van der Waals surface area contributed by atoms with Crippen LogP contribution in [0, 0.1) is 0 Å². The molecule has 130 valence electrons. The number of hydrogen-bond acceptors (Lipinski definition) is 3. The molecule has 0 bridgehead atoms. The van der Waals surface area contributed by atoms with Crippen molar-refractivity contribution in [2.24, 2.45) is 0 Å². The Morgan fingerprint density at radius 1 is 0.962 bits per heavy atom. The topological polar surface area (TPSA) is 29.1 Å². The number of halogens is 1. The first kappa shape index (κ1) is 18.3. The maximum absolute atomic E-state index is 12.3. The average molecular weight is 380 g/mol. The molecular weight excluding hydrogens is 362 g/mol. The van der Waals surface area contributed by atoms with Gasteiger partial charge in [-0.3, -0.25) is 4.79 Å². The van der Waals surface area contributed by atoms with E-state index in [0.717, 1.165) is 21.2 Å². The highest BCUT2D eigenvalue weighted by atomic mass is 35.5. The van der Waals surface area contributed by atoms with Crippen molar-refractivity contribution >= 4 is 34.8 Å². The monoisotopic (exact) mass is 379 g/mol. The van der Waals surface area contributed by atoms with Gasteiger partial charge in [0, 0.05) is 32.2 Å². The number of nitrogens with one attached hydrogen (secondary N) is 1. The molecule has 0 spiro atoms. The third-order valence-corrected chi connectivity index (χ3v) is 4.95. The van der Waals surface area contributed by atoms with Crippen molar-refractivity contribution in [2.75, 3.05) is 5.32 Å². The number of carbonyl (C=O) groups is 1. The van der Waals surface area contributed by atoms with E-state index in [2.05, 4.69) is 17.4 Å². The lowest BCUT2D eigenvalue weighted by Gasteiger charge is -2.13. The van der Waals surface area contributed by atoms with E-state index in [1.54, 1.807) is 17.8 Å². The van der Waals surface area contributed by atoms with Gasteiger partial charge in [-0.15, -0.1) is 0 Å². The van der Waals surface area contributed by atoms with Gasteiger partial charge in [0.2, 0.25) is 0 Å². The fourth-order valence-corrected chi connectivity index (χ4v) is 3.63. The molecule has 0 amide bonds. The fraction of sp³-hybridized carbons (Fsp3) is 0.0455. The second-order valence-corrected chi connectivity index (χ2v) is 7.29. The van der Waals surface area contributed by atoms with Crippen LogP contribution in [0.2, 0.25) is 5.02 Å². The molecule has 0 aliphatic carbocycles. The molecule has 0 aliphatic rings. The highest BCUT2D eigenvalue weighted by molar-refractivity contribution is 7.99. The Labute approximate surface area is 162 Å². The van der Waals surface area contributed by atoms with Crippen LogP contribution >= 0.6 is 23.4 Å². The van der Waals surface area contributed by atoms with Crippen molar-refractivity contribution in [2.45, 2.75) is 16.7 Å². The molecule has 3 rings (SSSR count). The zero-order valence-corrected chi connectivity index (χ0v) is 15.8. The minimum atomic E-state index is -0.0261. The minimum Gasteiger partial charge on any atom is -0.358 e. The quantitative estimate of drug-likeness (QED) is 0.382. The molecule has 0 unspecified atom stereocenters. The van der Waals surface area contributed by atoms with E-state index in [1.165, 1.54) is 0 Å². The van der Waals surface area contributed by atoms with Gasteiger partial charge < -0.3 is 5.32 Å². The summed E-state index contributed by atoms with van der Waals surface area (Å²) in [6.07, 6.45) is 1.61. The Kier molecular flexibility index (Phi) is 6.16. The van der Waals surface area contributed by atoms with E-state index in [1.807, 2.05) is 73.7 Å². The Bertz CT molecular complexity index is 923. The number of allylic oxidation sites excluding steroid dienone is 2. The van der Waals surface area contributed by atoms with Gasteiger partial charge >= 0.3 is 0 Å². The summed E-state index contributed by atoms with van der Waals surface area (Å²) in [6.45, 7) is 1.88. The van der Waals surface area contributed by atoms with Crippen LogP contribution in [0.15, 0.2) is 100 Å². The highest BCUT2D eigenvalue weighted by Gasteiger charge is 2.08. The smallest absolute Gasteiger partial charge is 0.187 e. The van der Waals surface area contributed by atoms with E-state index in [4.69, 9.17) is 11.6 Å². The van der Waals surface area contributed by atoms with Gasteiger partial charge in [-0.05, 0) is 37.3 Å². The molecule has 0 saturated carbocycles. The fourth-order valence-electron chi connectivity index (χ4n) is 2.43. The van der Waals surface area contributed by atoms with Crippen molar-refractivity contribution in [3.05, 3.63) is 101 Å². The summed E-state index contributed by atoms with van der Waals surface area (Å²) in [6, 6.07) is 25.0. The number of benzene rings is 3. The van der Waals surface area contributed by atoms with E-state index >= 15 is 0 Å². The van der Waals surface area contributed by atoms with Crippen molar-refractivity contribution in [3.63, 3.8) is 0 Å². The molecule has 1 N–H and O–H groups in total. The lowest BCUT2D eigenvalue weighted by atomic mass is 10.1. The van der Waals surface area contributed by atoms with Crippen LogP contribution < -0.4 is 5.32 Å². The number of rotatable bonds is 6. The third kappa shape index (κ3) is 5.01. The number of carbonyl (C=O) groups excluding carboxylic acids is 1. The largest absolute Gasteiger partial charge is 0.358 e. The second-order valence-electron chi connectivity index (χ2n) is 5.74. The number of hydrogen-bond donors (Lipinski definition) is 1. The summed E-state index contributed by atoms with van der Waals surface area (Å²) in [4.78, 5) is 14.5. The van der Waals surface area contributed by atoms with Gasteiger partial charge in [0.1, 0.15) is 0 Å². The maximum Gasteiger partial charge on any atom is 0.187 e. The van der Waals surface area contributed by atoms with E-state index < -0.39 is 0 Å². The first-order valence-corrected chi connectivity index (χ1v) is 9.38. The zero-order chi connectivity index (χ0) is 18.4. The van der Waals surface area contributed by atoms with Crippen LogP contribution in [0.3, 0.4) is 0 Å². The Morgan fingerprint density at radius 2 is 1.62 bits per heavy atom. The molecule has 0 saturated heterocycles. The molecule has 2 nitrogen and oxygen atoms in total. The SMILES string of the molecule is C/C(=C/C(=O)c1ccccc1)Nc1ccc(Cl)cc1Sc1ccccc1. The molecule has 0 radical (unpaired) electrons. The van der Waals surface area contributed by atoms with Gasteiger partial charge in [-0.25, -0.2) is 0 Å². The lowest BCUT2D eigenvalue weighted by molar-refractivity contribution is 0.104. The van der Waals surface area contributed by atoms with Gasteiger partial charge in [0.25, 0.3) is 0 Å². The molecule has 3 aromatic carbocycles. The molecule has 0 fully saturated rings. The summed E-state index contributed by atoms with van der Waals surface area (Å²) in [5.41, 5.74) is 2.36. The first-order valence-electron chi connectivity index (χ1n) is 8.19. The van der Waals surface area contributed by atoms with E-state index in [9.17, 15) is 4.79 Å². The van der Waals surface area contributed by atoms with Crippen molar-refractivity contribution in [1.82, 2.24) is 0 Å². The van der Waals surface area contributed by atoms with Gasteiger partial charge in [0.05, 0.1) is 5.69 Å². The summed E-state index contributed by atoms with van der Waals surface area (Å²) in [5, 5.41) is 4.00. The summed E-state index contributed by atoms with van der Waals surface area (Å²) in [7, 11) is 0. The van der Waals surface area contributed by atoms with Gasteiger partial charge in [0.15, 0.2) is 5.78 Å². The second kappa shape index (κ2) is 8.75. The Hall–Kier alpha value is -2.49. The predicted octanol–water partition coefficient (Wildman–Crippen LogP) is 6.69. The highest BCUT2D eigenvalue weighted by Crippen LogP contribution is 2.35. The molecule has 0 aliphatic heterocycles. The minimum absolute atomic E-state index is 0.0261. The van der Waals surface area contributed by atoms with Crippen LogP contribution in [0.25, 0.3) is 0 Å². The standard InChI is InChI=1S/C22H18ClNOS/c1-16(14-21(25)17-8-4-2-5-9-17)24-20-13-12-18(23)15-22(20)26-19-10-6-3-7-11-19/h2-15,24H,1H3/b16-14-. The number of anilines is 1. The Balaban J connectivity index is 1.80. The van der Waals surface area contributed by atoms with Crippen molar-refractivity contribution < 1.29 is 4.79 Å². The molecule has 0 aromatic heterocycles. The third-order valence-electron chi connectivity index (χ3n) is 3.65. The normalized spacial score (nSPS) is 11.2. The summed E-state index contributed by atoms with van der Waals surface area (Å²) in [5.74, 6) is -0.0261. The van der Waals surface area contributed by atoms with Crippen LogP contribution in [-0.2, 0) is 0 Å². The zero-order valence-electron chi connectivity index (χ0n) is 14.3. The maximum atomic E-state index is 12.3. The van der Waals surface area contributed by atoms with Crippen LogP contribution in [-0.4, -0.2) is 5.78 Å². The van der Waals surface area contributed by atoms with E-state index in [0.29, 0.717) is 10.6 Å². The molecular formula is C22H18ClNOS. The molecule has 0 heterocycles. The predicted molar refractivity (Wildman–Crippen MR) is 110 cm³/mol. The van der Waals surface area contributed by atoms with Crippen LogP contribution in [0.5, 0.6) is 0 Å². The summed E-state index contributed by atoms with van der Waals surface area (Å²) >= 11 is 7.80. The molecule has 3 aromatic rings. The lowest BCUT2D eigenvalue weighted by Crippen LogP contribution is -2.02. The summed E-state index contributed by atoms with van der Waals surface area (Å²) < 4.78 is 0. The van der Waals surface area contributed by atoms with Crippen LogP contribution in [0.1, 0.15) is 17.3 Å². The Morgan fingerprint density at radius 3 is 2.31 bits per heavy atom. The van der Waals surface area contributed by atoms with Crippen LogP contribution in [0.4, 0.5) is 5.69 Å². The number of ketones is 1. The average Bonchev–Trinajstić information content (AvgIpc) is 2.65.